The Morgan fingerprint density at radius 3 is 2.11 bits per heavy atom. The molecule has 0 aliphatic heterocycles. The molecule has 0 nitrogen and oxygen atoms in total. The van der Waals surface area contributed by atoms with E-state index in [9.17, 15) is 0 Å². The summed E-state index contributed by atoms with van der Waals surface area (Å²) in [6.45, 7) is 13.4. The molecule has 19 heavy (non-hydrogen) atoms. The van der Waals surface area contributed by atoms with Gasteiger partial charge >= 0.3 is 0 Å². The quantitative estimate of drug-likeness (QED) is 0.686. The van der Waals surface area contributed by atoms with Gasteiger partial charge in [-0.25, -0.2) is 0 Å². The maximum absolute atomic E-state index is 2.32. The second-order valence-corrected chi connectivity index (χ2v) is 6.40. The Kier molecular flexibility index (Phi) is 4.11. The monoisotopic (exact) mass is 270 g/mol. The topological polar surface area (TPSA) is 0 Å². The van der Waals surface area contributed by atoms with E-state index >= 15 is 0 Å². The standard InChI is InChI=1S/C18H23P/c1-11-10-12(2)18(14(4)13(11)3)16-8-7-9-17(19-6)15(16)5/h7-10,19H,1-6H3. The first kappa shape index (κ1) is 14.3. The third kappa shape index (κ3) is 2.47. The molecule has 1 atom stereocenters. The lowest BCUT2D eigenvalue weighted by molar-refractivity contribution is 1.23. The summed E-state index contributed by atoms with van der Waals surface area (Å²) in [4.78, 5) is 0. The maximum atomic E-state index is 2.32. The summed E-state index contributed by atoms with van der Waals surface area (Å²) in [6.07, 6.45) is 0. The van der Waals surface area contributed by atoms with Crippen LogP contribution in [0.2, 0.25) is 0 Å². The molecule has 100 valence electrons. The van der Waals surface area contributed by atoms with Crippen molar-refractivity contribution >= 4 is 13.9 Å². The zero-order valence-electron chi connectivity index (χ0n) is 12.8. The van der Waals surface area contributed by atoms with Crippen LogP contribution in [-0.2, 0) is 0 Å². The van der Waals surface area contributed by atoms with Crippen LogP contribution in [0.15, 0.2) is 24.3 Å². The van der Waals surface area contributed by atoms with Gasteiger partial charge in [-0.2, -0.15) is 0 Å². The van der Waals surface area contributed by atoms with Crippen molar-refractivity contribution in [2.45, 2.75) is 34.6 Å². The van der Waals surface area contributed by atoms with Crippen LogP contribution in [0.25, 0.3) is 11.1 Å². The van der Waals surface area contributed by atoms with Gasteiger partial charge in [-0.05, 0) is 85.5 Å². The number of benzene rings is 2. The van der Waals surface area contributed by atoms with E-state index in [1.165, 1.54) is 44.2 Å². The van der Waals surface area contributed by atoms with Crippen molar-refractivity contribution in [2.24, 2.45) is 0 Å². The van der Waals surface area contributed by atoms with E-state index in [-0.39, 0.29) is 0 Å². The molecule has 0 radical (unpaired) electrons. The number of hydrogen-bond acceptors (Lipinski definition) is 0. The molecule has 0 saturated heterocycles. The first-order valence-electron chi connectivity index (χ1n) is 6.82. The highest BCUT2D eigenvalue weighted by Gasteiger charge is 2.13. The Bertz CT molecular complexity index is 624. The van der Waals surface area contributed by atoms with Crippen LogP contribution >= 0.6 is 8.58 Å². The van der Waals surface area contributed by atoms with Crippen LogP contribution in [-0.4, -0.2) is 6.66 Å². The maximum Gasteiger partial charge on any atom is -0.0120 e. The fraction of sp³-hybridized carbons (Fsp3) is 0.333. The molecule has 0 heterocycles. The van der Waals surface area contributed by atoms with Gasteiger partial charge in [-0.1, -0.05) is 32.8 Å². The molecular weight excluding hydrogens is 247 g/mol. The van der Waals surface area contributed by atoms with Crippen molar-refractivity contribution in [1.29, 1.82) is 0 Å². The molecule has 1 unspecified atom stereocenters. The Hall–Kier alpha value is -1.13. The highest BCUT2D eigenvalue weighted by Crippen LogP contribution is 2.33. The molecular formula is C18H23P. The first-order valence-corrected chi connectivity index (χ1v) is 8.32. The predicted octanol–water partition coefficient (Wildman–Crippen LogP) is 4.83. The van der Waals surface area contributed by atoms with Crippen LogP contribution in [0, 0.1) is 34.6 Å². The van der Waals surface area contributed by atoms with Crippen LogP contribution < -0.4 is 5.30 Å². The van der Waals surface area contributed by atoms with Crippen LogP contribution in [0.5, 0.6) is 0 Å². The van der Waals surface area contributed by atoms with Gasteiger partial charge in [0.1, 0.15) is 0 Å². The van der Waals surface area contributed by atoms with Crippen molar-refractivity contribution in [2.75, 3.05) is 6.66 Å². The lowest BCUT2D eigenvalue weighted by Gasteiger charge is -2.18. The summed E-state index contributed by atoms with van der Waals surface area (Å²) >= 11 is 0. The molecule has 0 spiro atoms. The molecule has 2 aromatic carbocycles. The molecule has 0 fully saturated rings. The van der Waals surface area contributed by atoms with E-state index in [4.69, 9.17) is 0 Å². The third-order valence-corrected chi connectivity index (χ3v) is 5.31. The largest absolute Gasteiger partial charge is 0.0933 e. The Labute approximate surface area is 119 Å². The summed E-state index contributed by atoms with van der Waals surface area (Å²) in [5, 5.41) is 1.48. The van der Waals surface area contributed by atoms with E-state index in [1.54, 1.807) is 0 Å². The van der Waals surface area contributed by atoms with Gasteiger partial charge < -0.3 is 0 Å². The Morgan fingerprint density at radius 2 is 1.47 bits per heavy atom. The summed E-state index contributed by atoms with van der Waals surface area (Å²) in [6, 6.07) is 9.03. The third-order valence-electron chi connectivity index (χ3n) is 4.23. The fourth-order valence-corrected chi connectivity index (χ4v) is 3.65. The van der Waals surface area contributed by atoms with Gasteiger partial charge in [-0.15, -0.1) is 0 Å². The van der Waals surface area contributed by atoms with Crippen molar-refractivity contribution in [3.05, 3.63) is 52.1 Å². The van der Waals surface area contributed by atoms with Crippen LogP contribution in [0.4, 0.5) is 0 Å². The fourth-order valence-electron chi connectivity index (χ4n) is 2.88. The average Bonchev–Trinajstić information content (AvgIpc) is 2.38. The van der Waals surface area contributed by atoms with E-state index in [2.05, 4.69) is 65.5 Å². The highest BCUT2D eigenvalue weighted by atomic mass is 31.1. The molecule has 0 bridgehead atoms. The smallest absolute Gasteiger partial charge is 0.0120 e. The van der Waals surface area contributed by atoms with Crippen LogP contribution in [0.1, 0.15) is 27.8 Å². The molecule has 0 aliphatic rings. The van der Waals surface area contributed by atoms with Gasteiger partial charge in [0.05, 0.1) is 0 Å². The lowest BCUT2D eigenvalue weighted by Crippen LogP contribution is -2.03. The summed E-state index contributed by atoms with van der Waals surface area (Å²) in [5.74, 6) is 0. The molecule has 0 N–H and O–H groups in total. The number of aryl methyl sites for hydroxylation is 2. The summed E-state index contributed by atoms with van der Waals surface area (Å²) in [7, 11) is 0.859. The van der Waals surface area contributed by atoms with Crippen molar-refractivity contribution in [3.63, 3.8) is 0 Å². The van der Waals surface area contributed by atoms with Gasteiger partial charge in [0, 0.05) is 0 Å². The minimum atomic E-state index is 0.859. The zero-order chi connectivity index (χ0) is 14.2. The highest BCUT2D eigenvalue weighted by molar-refractivity contribution is 7.46. The molecule has 1 heteroatoms. The molecule has 0 aromatic heterocycles. The summed E-state index contributed by atoms with van der Waals surface area (Å²) < 4.78 is 0. The van der Waals surface area contributed by atoms with Gasteiger partial charge in [0.2, 0.25) is 0 Å². The first-order chi connectivity index (χ1) is 8.97. The molecule has 2 aromatic rings. The Balaban J connectivity index is 2.76. The van der Waals surface area contributed by atoms with Crippen molar-refractivity contribution < 1.29 is 0 Å². The SMILES string of the molecule is CPc1cccc(-c2c(C)cc(C)c(C)c2C)c1C. The second kappa shape index (κ2) is 5.47. The van der Waals surface area contributed by atoms with Crippen molar-refractivity contribution in [3.8, 4) is 11.1 Å². The molecule has 0 aliphatic carbocycles. The molecule has 0 amide bonds. The van der Waals surface area contributed by atoms with Crippen molar-refractivity contribution in [1.82, 2.24) is 0 Å². The summed E-state index contributed by atoms with van der Waals surface area (Å²) in [5.41, 5.74) is 9.91. The normalized spacial score (nSPS) is 11.5. The van der Waals surface area contributed by atoms with E-state index in [1.807, 2.05) is 0 Å². The molecule has 2 rings (SSSR count). The van der Waals surface area contributed by atoms with Gasteiger partial charge in [-0.3, -0.25) is 0 Å². The predicted molar refractivity (Wildman–Crippen MR) is 89.4 cm³/mol. The van der Waals surface area contributed by atoms with Gasteiger partial charge in [0.15, 0.2) is 0 Å². The second-order valence-electron chi connectivity index (χ2n) is 5.36. The van der Waals surface area contributed by atoms with E-state index in [0.29, 0.717) is 0 Å². The Morgan fingerprint density at radius 1 is 0.789 bits per heavy atom. The van der Waals surface area contributed by atoms with E-state index < -0.39 is 0 Å². The number of hydrogen-bond donors (Lipinski definition) is 0. The lowest BCUT2D eigenvalue weighted by atomic mass is 9.88. The van der Waals surface area contributed by atoms with Crippen LogP contribution in [0.3, 0.4) is 0 Å². The minimum absolute atomic E-state index is 0.859. The zero-order valence-corrected chi connectivity index (χ0v) is 13.8. The minimum Gasteiger partial charge on any atom is -0.0933 e. The number of rotatable bonds is 2. The van der Waals surface area contributed by atoms with Gasteiger partial charge in [0.25, 0.3) is 0 Å². The average molecular weight is 270 g/mol. The van der Waals surface area contributed by atoms with E-state index in [0.717, 1.165) is 8.58 Å². The molecule has 0 saturated carbocycles.